The Labute approximate surface area is 72.4 Å². The Balaban J connectivity index is 2.20. The van der Waals surface area contributed by atoms with Gasteiger partial charge >= 0.3 is 0 Å². The highest BCUT2D eigenvalue weighted by molar-refractivity contribution is 5.82. The number of hydrogen-bond acceptors (Lipinski definition) is 2. The standard InChI is InChI=1S/C9H15NO2/c1-2-10-7-5-6(9(10)12)3-4-8(7)11/h6-8,11H,2-5H2,1H3. The van der Waals surface area contributed by atoms with Gasteiger partial charge < -0.3 is 10.0 Å². The van der Waals surface area contributed by atoms with E-state index in [9.17, 15) is 9.90 Å². The Morgan fingerprint density at radius 1 is 1.58 bits per heavy atom. The lowest BCUT2D eigenvalue weighted by Gasteiger charge is -2.27. The molecule has 3 unspecified atom stereocenters. The summed E-state index contributed by atoms with van der Waals surface area (Å²) in [7, 11) is 0. The summed E-state index contributed by atoms with van der Waals surface area (Å²) in [6.45, 7) is 2.72. The van der Waals surface area contributed by atoms with Crippen molar-refractivity contribution in [1.82, 2.24) is 4.90 Å². The third-order valence-corrected chi connectivity index (χ3v) is 3.15. The van der Waals surface area contributed by atoms with Crippen molar-refractivity contribution in [1.29, 1.82) is 0 Å². The van der Waals surface area contributed by atoms with Gasteiger partial charge in [-0.15, -0.1) is 0 Å². The van der Waals surface area contributed by atoms with Gasteiger partial charge in [0.05, 0.1) is 12.1 Å². The summed E-state index contributed by atoms with van der Waals surface area (Å²) in [5.41, 5.74) is 0. The largest absolute Gasteiger partial charge is 0.391 e. The summed E-state index contributed by atoms with van der Waals surface area (Å²) in [4.78, 5) is 13.4. The van der Waals surface area contributed by atoms with Crippen LogP contribution in [0.2, 0.25) is 0 Å². The highest BCUT2D eigenvalue weighted by Crippen LogP contribution is 2.36. The fourth-order valence-corrected chi connectivity index (χ4v) is 2.48. The minimum atomic E-state index is -0.271. The molecule has 1 saturated heterocycles. The maximum absolute atomic E-state index is 11.6. The van der Waals surface area contributed by atoms with E-state index in [0.717, 1.165) is 25.8 Å². The van der Waals surface area contributed by atoms with Crippen molar-refractivity contribution in [3.8, 4) is 0 Å². The van der Waals surface area contributed by atoms with Crippen LogP contribution in [0.25, 0.3) is 0 Å². The lowest BCUT2D eigenvalue weighted by atomic mass is 9.88. The lowest BCUT2D eigenvalue weighted by molar-refractivity contribution is -0.131. The minimum Gasteiger partial charge on any atom is -0.391 e. The molecule has 0 spiro atoms. The summed E-state index contributed by atoms with van der Waals surface area (Å²) >= 11 is 0. The van der Waals surface area contributed by atoms with E-state index in [1.165, 1.54) is 0 Å². The van der Waals surface area contributed by atoms with Gasteiger partial charge in [-0.25, -0.2) is 0 Å². The van der Waals surface area contributed by atoms with Crippen LogP contribution in [0.3, 0.4) is 0 Å². The van der Waals surface area contributed by atoms with E-state index in [-0.39, 0.29) is 24.0 Å². The van der Waals surface area contributed by atoms with Crippen LogP contribution >= 0.6 is 0 Å². The van der Waals surface area contributed by atoms with Crippen LogP contribution in [-0.4, -0.2) is 34.6 Å². The Morgan fingerprint density at radius 3 is 3.00 bits per heavy atom. The van der Waals surface area contributed by atoms with Gasteiger partial charge in [0, 0.05) is 12.5 Å². The minimum absolute atomic E-state index is 0.126. The maximum Gasteiger partial charge on any atom is 0.226 e. The van der Waals surface area contributed by atoms with Gasteiger partial charge in [0.15, 0.2) is 0 Å². The van der Waals surface area contributed by atoms with E-state index in [1.54, 1.807) is 0 Å². The topological polar surface area (TPSA) is 40.5 Å². The molecule has 0 radical (unpaired) electrons. The van der Waals surface area contributed by atoms with Gasteiger partial charge in [0.25, 0.3) is 0 Å². The molecule has 2 aliphatic rings. The van der Waals surface area contributed by atoms with Gasteiger partial charge in [0.2, 0.25) is 5.91 Å². The maximum atomic E-state index is 11.6. The van der Waals surface area contributed by atoms with Gasteiger partial charge in [-0.05, 0) is 26.2 Å². The van der Waals surface area contributed by atoms with Crippen molar-refractivity contribution >= 4 is 5.91 Å². The van der Waals surface area contributed by atoms with Crippen molar-refractivity contribution in [2.24, 2.45) is 5.92 Å². The summed E-state index contributed by atoms with van der Waals surface area (Å²) in [5, 5.41) is 9.62. The molecule has 0 aromatic rings. The number of likely N-dealkylation sites (tertiary alicyclic amines) is 1. The molecule has 12 heavy (non-hydrogen) atoms. The third kappa shape index (κ3) is 0.959. The van der Waals surface area contributed by atoms with E-state index in [0.29, 0.717) is 0 Å². The summed E-state index contributed by atoms with van der Waals surface area (Å²) in [6.07, 6.45) is 2.30. The van der Waals surface area contributed by atoms with Crippen LogP contribution < -0.4 is 0 Å². The van der Waals surface area contributed by atoms with Crippen LogP contribution in [0.5, 0.6) is 0 Å². The van der Waals surface area contributed by atoms with E-state index >= 15 is 0 Å². The van der Waals surface area contributed by atoms with Crippen molar-refractivity contribution in [2.45, 2.75) is 38.3 Å². The first-order chi connectivity index (χ1) is 5.74. The molecule has 1 heterocycles. The quantitative estimate of drug-likeness (QED) is 0.616. The molecule has 3 heteroatoms. The Bertz CT molecular complexity index is 205. The molecule has 1 saturated carbocycles. The van der Waals surface area contributed by atoms with E-state index in [2.05, 4.69) is 0 Å². The van der Waals surface area contributed by atoms with Gasteiger partial charge in [-0.3, -0.25) is 4.79 Å². The molecule has 2 bridgehead atoms. The fourth-order valence-electron chi connectivity index (χ4n) is 2.48. The van der Waals surface area contributed by atoms with Crippen LogP contribution in [0.15, 0.2) is 0 Å². The summed E-state index contributed by atoms with van der Waals surface area (Å²) in [5.74, 6) is 0.484. The number of rotatable bonds is 1. The molecule has 2 fully saturated rings. The second-order valence-corrected chi connectivity index (χ2v) is 3.77. The van der Waals surface area contributed by atoms with E-state index in [4.69, 9.17) is 0 Å². The number of carbonyl (C=O) groups is 1. The molecule has 68 valence electrons. The van der Waals surface area contributed by atoms with Crippen LogP contribution in [-0.2, 0) is 4.79 Å². The third-order valence-electron chi connectivity index (χ3n) is 3.15. The average Bonchev–Trinajstić information content (AvgIpc) is 2.34. The molecule has 1 amide bonds. The monoisotopic (exact) mass is 169 g/mol. The van der Waals surface area contributed by atoms with E-state index in [1.807, 2.05) is 11.8 Å². The van der Waals surface area contributed by atoms with Crippen molar-refractivity contribution in [3.05, 3.63) is 0 Å². The van der Waals surface area contributed by atoms with Crippen LogP contribution in [0.1, 0.15) is 26.2 Å². The fraction of sp³-hybridized carbons (Fsp3) is 0.889. The molecule has 0 aromatic carbocycles. The number of aliphatic hydroxyl groups excluding tert-OH is 1. The number of likely N-dealkylation sites (N-methyl/N-ethyl adjacent to an activating group) is 1. The zero-order valence-electron chi connectivity index (χ0n) is 7.36. The van der Waals surface area contributed by atoms with Crippen molar-refractivity contribution in [3.63, 3.8) is 0 Å². The number of carbonyl (C=O) groups excluding carboxylic acids is 1. The lowest BCUT2D eigenvalue weighted by Crippen LogP contribution is -2.40. The van der Waals surface area contributed by atoms with Gasteiger partial charge in [0.1, 0.15) is 0 Å². The predicted octanol–water partition coefficient (Wildman–Crippen LogP) is 0.378. The molecule has 1 aliphatic carbocycles. The Morgan fingerprint density at radius 2 is 2.33 bits per heavy atom. The van der Waals surface area contributed by atoms with Crippen molar-refractivity contribution in [2.75, 3.05) is 6.54 Å². The number of fused-ring (bicyclic) bond motifs is 2. The van der Waals surface area contributed by atoms with Crippen molar-refractivity contribution < 1.29 is 9.90 Å². The normalized spacial score (nSPS) is 40.7. The number of aliphatic hydroxyl groups is 1. The molecular formula is C9H15NO2. The SMILES string of the molecule is CCN1C(=O)C2CCC(O)C1C2. The zero-order valence-corrected chi connectivity index (χ0v) is 7.36. The second kappa shape index (κ2) is 2.73. The van der Waals surface area contributed by atoms with Crippen LogP contribution in [0.4, 0.5) is 0 Å². The first-order valence-electron chi connectivity index (χ1n) is 4.72. The molecule has 1 N–H and O–H groups in total. The number of hydrogen-bond donors (Lipinski definition) is 1. The van der Waals surface area contributed by atoms with Gasteiger partial charge in [-0.2, -0.15) is 0 Å². The molecule has 3 nitrogen and oxygen atoms in total. The first-order valence-corrected chi connectivity index (χ1v) is 4.72. The molecule has 0 aromatic heterocycles. The summed E-state index contributed by atoms with van der Waals surface area (Å²) in [6, 6.07) is 0.126. The molecule has 2 rings (SSSR count). The smallest absolute Gasteiger partial charge is 0.226 e. The zero-order chi connectivity index (χ0) is 8.72. The van der Waals surface area contributed by atoms with Crippen LogP contribution in [0, 0.1) is 5.92 Å². The highest BCUT2D eigenvalue weighted by Gasteiger charge is 2.45. The number of amides is 1. The summed E-state index contributed by atoms with van der Waals surface area (Å²) < 4.78 is 0. The molecular weight excluding hydrogens is 154 g/mol. The Hall–Kier alpha value is -0.570. The second-order valence-electron chi connectivity index (χ2n) is 3.77. The molecule has 1 aliphatic heterocycles. The Kier molecular flexibility index (Phi) is 1.83. The predicted molar refractivity (Wildman–Crippen MR) is 44.5 cm³/mol. The average molecular weight is 169 g/mol. The number of nitrogens with zero attached hydrogens (tertiary/aromatic N) is 1. The van der Waals surface area contributed by atoms with E-state index < -0.39 is 0 Å². The van der Waals surface area contributed by atoms with Gasteiger partial charge in [-0.1, -0.05) is 0 Å². The molecule has 3 atom stereocenters. The first kappa shape index (κ1) is 8.05. The highest BCUT2D eigenvalue weighted by atomic mass is 16.3.